The Hall–Kier alpha value is -2.10. The van der Waals surface area contributed by atoms with Gasteiger partial charge in [0.25, 0.3) is 0 Å². The van der Waals surface area contributed by atoms with Crippen LogP contribution in [0.5, 0.6) is 0 Å². The number of nitrogens with one attached hydrogen (secondary N) is 1. The maximum Gasteiger partial charge on any atom is 0.237 e. The van der Waals surface area contributed by atoms with Crippen LogP contribution in [0.1, 0.15) is 63.1 Å². The largest absolute Gasteiger partial charge is 0.393 e. The SMILES string of the molecule is CC1CC2(Cc3ccc(C#N)cc3C2C(=O)N(CC(C)(C)Cl)C(=N)N)CC(C)C1O. The van der Waals surface area contributed by atoms with Crippen molar-refractivity contribution in [3.05, 3.63) is 34.9 Å². The summed E-state index contributed by atoms with van der Waals surface area (Å²) in [5, 5.41) is 28.0. The molecular formula is C23H31ClN4O2. The maximum atomic E-state index is 13.9. The van der Waals surface area contributed by atoms with Crippen LogP contribution in [0.3, 0.4) is 0 Å². The fourth-order valence-electron chi connectivity index (χ4n) is 5.66. The van der Waals surface area contributed by atoms with E-state index in [1.165, 1.54) is 4.90 Å². The molecule has 1 spiro atoms. The van der Waals surface area contributed by atoms with Gasteiger partial charge in [-0.25, -0.2) is 0 Å². The number of alkyl halides is 1. The molecule has 4 N–H and O–H groups in total. The summed E-state index contributed by atoms with van der Waals surface area (Å²) in [5.41, 5.74) is 7.84. The number of hydrogen-bond donors (Lipinski definition) is 3. The predicted octanol–water partition coefficient (Wildman–Crippen LogP) is 3.35. The van der Waals surface area contributed by atoms with Crippen molar-refractivity contribution < 1.29 is 9.90 Å². The third-order valence-electron chi connectivity index (χ3n) is 6.70. The van der Waals surface area contributed by atoms with Gasteiger partial charge in [0, 0.05) is 6.54 Å². The molecule has 2 aliphatic rings. The van der Waals surface area contributed by atoms with Crippen LogP contribution in [0, 0.1) is 34.0 Å². The highest BCUT2D eigenvalue weighted by atomic mass is 35.5. The molecule has 6 nitrogen and oxygen atoms in total. The Morgan fingerprint density at radius 3 is 2.50 bits per heavy atom. The lowest BCUT2D eigenvalue weighted by Gasteiger charge is -2.47. The van der Waals surface area contributed by atoms with Gasteiger partial charge in [0.05, 0.1) is 28.5 Å². The molecule has 3 unspecified atom stereocenters. The zero-order chi connectivity index (χ0) is 22.4. The lowest BCUT2D eigenvalue weighted by molar-refractivity contribution is -0.135. The zero-order valence-electron chi connectivity index (χ0n) is 18.1. The fraction of sp³-hybridized carbons (Fsp3) is 0.609. The van der Waals surface area contributed by atoms with Crippen molar-refractivity contribution in [1.82, 2.24) is 4.90 Å². The van der Waals surface area contributed by atoms with Crippen LogP contribution in [0.15, 0.2) is 18.2 Å². The first kappa shape index (κ1) is 22.6. The van der Waals surface area contributed by atoms with Gasteiger partial charge in [-0.1, -0.05) is 19.9 Å². The second kappa shape index (κ2) is 7.86. The molecule has 0 bridgehead atoms. The molecule has 0 heterocycles. The fourth-order valence-corrected chi connectivity index (χ4v) is 5.78. The number of benzene rings is 1. The normalized spacial score (nSPS) is 30.6. The van der Waals surface area contributed by atoms with Crippen LogP contribution in [-0.4, -0.2) is 39.4 Å². The molecule has 0 aliphatic heterocycles. The van der Waals surface area contributed by atoms with E-state index < -0.39 is 16.9 Å². The number of hydrogen-bond acceptors (Lipinski definition) is 4. The van der Waals surface area contributed by atoms with Crippen LogP contribution in [0.2, 0.25) is 0 Å². The second-order valence-electron chi connectivity index (χ2n) is 9.88. The van der Waals surface area contributed by atoms with E-state index in [0.717, 1.165) is 11.1 Å². The van der Waals surface area contributed by atoms with E-state index in [2.05, 4.69) is 6.07 Å². The number of carbonyl (C=O) groups excluding carboxylic acids is 1. The van der Waals surface area contributed by atoms with Gasteiger partial charge in [-0.2, -0.15) is 5.26 Å². The maximum absolute atomic E-state index is 13.9. The summed E-state index contributed by atoms with van der Waals surface area (Å²) in [5.74, 6) is -1.01. The minimum atomic E-state index is -0.742. The second-order valence-corrected chi connectivity index (χ2v) is 10.9. The highest BCUT2D eigenvalue weighted by Gasteiger charge is 2.55. The summed E-state index contributed by atoms with van der Waals surface area (Å²) in [4.78, 5) is 14.4. The zero-order valence-corrected chi connectivity index (χ0v) is 18.8. The number of halogens is 1. The number of rotatable bonds is 3. The van der Waals surface area contributed by atoms with E-state index in [-0.39, 0.29) is 35.7 Å². The molecule has 0 saturated heterocycles. The average molecular weight is 431 g/mol. The molecule has 0 radical (unpaired) electrons. The number of amides is 1. The minimum absolute atomic E-state index is 0.0454. The van der Waals surface area contributed by atoms with Gasteiger partial charge in [0.15, 0.2) is 5.96 Å². The van der Waals surface area contributed by atoms with Crippen molar-refractivity contribution in [3.63, 3.8) is 0 Å². The Morgan fingerprint density at radius 2 is 2.00 bits per heavy atom. The number of guanidine groups is 1. The quantitative estimate of drug-likeness (QED) is 0.387. The highest BCUT2D eigenvalue weighted by molar-refractivity contribution is 6.24. The number of carbonyl (C=O) groups is 1. The first-order chi connectivity index (χ1) is 13.9. The first-order valence-electron chi connectivity index (χ1n) is 10.4. The van der Waals surface area contributed by atoms with Crippen molar-refractivity contribution >= 4 is 23.5 Å². The number of fused-ring (bicyclic) bond motifs is 1. The monoisotopic (exact) mass is 430 g/mol. The molecule has 1 aromatic rings. The number of nitrogens with two attached hydrogens (primary N) is 1. The molecule has 3 atom stereocenters. The lowest BCUT2D eigenvalue weighted by atomic mass is 9.59. The molecule has 1 fully saturated rings. The molecule has 2 aliphatic carbocycles. The van der Waals surface area contributed by atoms with Gasteiger partial charge in [-0.15, -0.1) is 11.6 Å². The molecule has 1 aromatic carbocycles. The van der Waals surface area contributed by atoms with E-state index >= 15 is 0 Å². The van der Waals surface area contributed by atoms with Gasteiger partial charge < -0.3 is 10.8 Å². The number of nitriles is 1. The third-order valence-corrected chi connectivity index (χ3v) is 6.82. The Labute approximate surface area is 183 Å². The van der Waals surface area contributed by atoms with E-state index in [9.17, 15) is 15.2 Å². The Morgan fingerprint density at radius 1 is 1.40 bits per heavy atom. The standard InChI is InChI=1S/C23H31ClN4O2/c1-13-8-23(9-14(2)19(13)29)10-16-6-5-15(11-25)7-17(16)18(23)20(30)28(21(26)27)12-22(3,4)24/h5-7,13-14,18-19,29H,8-10,12H2,1-4H3,(H3,26,27). The predicted molar refractivity (Wildman–Crippen MR) is 117 cm³/mol. The summed E-state index contributed by atoms with van der Waals surface area (Å²) >= 11 is 6.39. The number of nitrogens with zero attached hydrogens (tertiary/aromatic N) is 2. The van der Waals surface area contributed by atoms with E-state index in [1.54, 1.807) is 26.0 Å². The Kier molecular flexibility index (Phi) is 5.92. The van der Waals surface area contributed by atoms with Gasteiger partial charge in [-0.05, 0) is 73.6 Å². The molecule has 7 heteroatoms. The van der Waals surface area contributed by atoms with Crippen LogP contribution >= 0.6 is 11.6 Å². The topological polar surface area (TPSA) is 114 Å². The molecular weight excluding hydrogens is 400 g/mol. The van der Waals surface area contributed by atoms with Crippen LogP contribution in [0.25, 0.3) is 0 Å². The van der Waals surface area contributed by atoms with Crippen molar-refractivity contribution in [2.24, 2.45) is 23.0 Å². The van der Waals surface area contributed by atoms with Crippen molar-refractivity contribution in [3.8, 4) is 6.07 Å². The van der Waals surface area contributed by atoms with E-state index in [4.69, 9.17) is 22.7 Å². The van der Waals surface area contributed by atoms with Crippen LogP contribution in [-0.2, 0) is 11.2 Å². The van der Waals surface area contributed by atoms with Crippen molar-refractivity contribution in [1.29, 1.82) is 10.7 Å². The van der Waals surface area contributed by atoms with Gasteiger partial charge in [0.2, 0.25) is 5.91 Å². The third kappa shape index (κ3) is 4.06. The summed E-state index contributed by atoms with van der Waals surface area (Å²) in [6.45, 7) is 7.74. The van der Waals surface area contributed by atoms with Crippen molar-refractivity contribution in [2.45, 2.75) is 63.9 Å². The smallest absolute Gasteiger partial charge is 0.237 e. The summed E-state index contributed by atoms with van der Waals surface area (Å²) < 4.78 is 0. The van der Waals surface area contributed by atoms with Gasteiger partial charge in [-0.3, -0.25) is 15.1 Å². The summed E-state index contributed by atoms with van der Waals surface area (Å²) in [6.07, 6.45) is 1.70. The Bertz CT molecular complexity index is 889. The number of aliphatic hydroxyl groups is 1. The molecule has 162 valence electrons. The van der Waals surface area contributed by atoms with Crippen LogP contribution in [0.4, 0.5) is 0 Å². The van der Waals surface area contributed by atoms with Crippen LogP contribution < -0.4 is 5.73 Å². The Balaban J connectivity index is 2.12. The van der Waals surface area contributed by atoms with Gasteiger partial charge in [0.1, 0.15) is 0 Å². The molecule has 1 amide bonds. The molecule has 1 saturated carbocycles. The number of aliphatic hydroxyl groups excluding tert-OH is 1. The molecule has 30 heavy (non-hydrogen) atoms. The summed E-state index contributed by atoms with van der Waals surface area (Å²) in [7, 11) is 0. The minimum Gasteiger partial charge on any atom is -0.393 e. The van der Waals surface area contributed by atoms with E-state index in [1.807, 2.05) is 19.9 Å². The lowest BCUT2D eigenvalue weighted by Crippen LogP contribution is -2.52. The van der Waals surface area contributed by atoms with Crippen molar-refractivity contribution in [2.75, 3.05) is 6.54 Å². The average Bonchev–Trinajstić information content (AvgIpc) is 2.94. The van der Waals surface area contributed by atoms with E-state index in [0.29, 0.717) is 24.8 Å². The van der Waals surface area contributed by atoms with Gasteiger partial charge >= 0.3 is 0 Å². The highest BCUT2D eigenvalue weighted by Crippen LogP contribution is 2.58. The molecule has 3 rings (SSSR count). The summed E-state index contributed by atoms with van der Waals surface area (Å²) in [6, 6.07) is 7.70. The molecule has 0 aromatic heterocycles. The first-order valence-corrected chi connectivity index (χ1v) is 10.8.